The van der Waals surface area contributed by atoms with E-state index in [0.717, 1.165) is 0 Å². The van der Waals surface area contributed by atoms with Crippen LogP contribution < -0.4 is 9.47 Å². The predicted octanol–water partition coefficient (Wildman–Crippen LogP) is 5.04. The normalized spacial score (nSPS) is 15.2. The Labute approximate surface area is 185 Å². The number of ether oxygens (including phenoxy) is 2. The van der Waals surface area contributed by atoms with Crippen LogP contribution in [0, 0.1) is 5.82 Å². The van der Waals surface area contributed by atoms with Crippen molar-refractivity contribution in [2.75, 3.05) is 13.7 Å². The lowest BCUT2D eigenvalue weighted by atomic mass is 10.1. The van der Waals surface area contributed by atoms with Crippen LogP contribution in [0.3, 0.4) is 0 Å². The van der Waals surface area contributed by atoms with Gasteiger partial charge < -0.3 is 9.47 Å². The maximum atomic E-state index is 13.8. The highest BCUT2D eigenvalue weighted by Gasteiger charge is 2.30. The molecule has 0 spiro atoms. The first kappa shape index (κ1) is 21.5. The average Bonchev–Trinajstić information content (AvgIpc) is 2.96. The van der Waals surface area contributed by atoms with E-state index in [1.54, 1.807) is 24.3 Å². The molecule has 1 amide bonds. The maximum absolute atomic E-state index is 13.8. The number of rotatable bonds is 5. The van der Waals surface area contributed by atoms with E-state index < -0.39 is 11.8 Å². The Kier molecular flexibility index (Phi) is 6.71. The number of methoxy groups -OCH3 is 1. The number of halogens is 2. The van der Waals surface area contributed by atoms with Gasteiger partial charge in [0.25, 0.3) is 5.91 Å². The van der Waals surface area contributed by atoms with Gasteiger partial charge in [-0.3, -0.25) is 9.69 Å². The Morgan fingerprint density at radius 3 is 2.69 bits per heavy atom. The number of benzene rings is 2. The molecule has 0 aliphatic carbocycles. The molecule has 0 atom stereocenters. The van der Waals surface area contributed by atoms with Gasteiger partial charge in [0, 0.05) is 6.54 Å². The van der Waals surface area contributed by atoms with Crippen molar-refractivity contribution >= 4 is 62.2 Å². The number of hydrogen-bond acceptors (Lipinski definition) is 6. The smallest absolute Gasteiger partial charge is 0.346 e. The Balaban J connectivity index is 1.92. The van der Waals surface area contributed by atoms with Gasteiger partial charge >= 0.3 is 5.97 Å². The van der Waals surface area contributed by atoms with Crippen LogP contribution in [-0.2, 0) is 4.79 Å². The molecular weight excluding hydrogens is 481 g/mol. The summed E-state index contributed by atoms with van der Waals surface area (Å²) in [5.41, 5.74) is 0.463. The number of thioether (sulfide) groups is 1. The van der Waals surface area contributed by atoms with Gasteiger partial charge in [0.2, 0.25) is 0 Å². The molecule has 0 bridgehead atoms. The summed E-state index contributed by atoms with van der Waals surface area (Å²) in [5, 5.41) is 0. The second kappa shape index (κ2) is 9.06. The first-order chi connectivity index (χ1) is 13.8. The van der Waals surface area contributed by atoms with E-state index in [4.69, 9.17) is 21.7 Å². The third-order valence-corrected chi connectivity index (χ3v) is 5.99. The lowest BCUT2D eigenvalue weighted by Gasteiger charge is -2.13. The van der Waals surface area contributed by atoms with E-state index in [2.05, 4.69) is 15.9 Å². The fourth-order valence-corrected chi connectivity index (χ4v) is 4.55. The molecule has 1 heterocycles. The van der Waals surface area contributed by atoms with Crippen LogP contribution in [0.2, 0.25) is 0 Å². The molecule has 0 radical (unpaired) electrons. The van der Waals surface area contributed by atoms with E-state index in [1.807, 2.05) is 6.92 Å². The SMILES string of the molecule is CCN1C(=O)/C(=C/c2cc(Br)c(OC(=O)c3ccccc3F)c(OC)c2)SC1=S. The number of thiocarbonyl (C=S) groups is 1. The zero-order chi connectivity index (χ0) is 21.1. The summed E-state index contributed by atoms with van der Waals surface area (Å²) in [5.74, 6) is -1.33. The summed E-state index contributed by atoms with van der Waals surface area (Å²) < 4.78 is 25.5. The molecule has 0 aromatic heterocycles. The molecule has 1 aliphatic rings. The van der Waals surface area contributed by atoms with Gasteiger partial charge in [-0.25, -0.2) is 9.18 Å². The Morgan fingerprint density at radius 1 is 1.34 bits per heavy atom. The van der Waals surface area contributed by atoms with Crippen LogP contribution in [0.25, 0.3) is 6.08 Å². The molecule has 0 N–H and O–H groups in total. The van der Waals surface area contributed by atoms with Crippen LogP contribution in [0.15, 0.2) is 45.8 Å². The van der Waals surface area contributed by atoms with E-state index in [-0.39, 0.29) is 23.0 Å². The van der Waals surface area contributed by atoms with Gasteiger partial charge in [-0.2, -0.15) is 0 Å². The second-order valence-electron chi connectivity index (χ2n) is 5.83. The summed E-state index contributed by atoms with van der Waals surface area (Å²) in [6, 6.07) is 8.83. The highest BCUT2D eigenvalue weighted by atomic mass is 79.9. The average molecular weight is 496 g/mol. The molecule has 9 heteroatoms. The predicted molar refractivity (Wildman–Crippen MR) is 118 cm³/mol. The van der Waals surface area contributed by atoms with E-state index in [0.29, 0.717) is 25.8 Å². The lowest BCUT2D eigenvalue weighted by molar-refractivity contribution is -0.121. The number of hydrogen-bond donors (Lipinski definition) is 0. The highest BCUT2D eigenvalue weighted by Crippen LogP contribution is 2.39. The molecule has 1 saturated heterocycles. The largest absolute Gasteiger partial charge is 0.493 e. The summed E-state index contributed by atoms with van der Waals surface area (Å²) >= 11 is 9.79. The minimum atomic E-state index is -0.848. The van der Waals surface area contributed by atoms with Gasteiger partial charge in [-0.15, -0.1) is 0 Å². The molecule has 5 nitrogen and oxygen atoms in total. The van der Waals surface area contributed by atoms with Crippen molar-refractivity contribution in [3.8, 4) is 11.5 Å². The van der Waals surface area contributed by atoms with Crippen molar-refractivity contribution < 1.29 is 23.5 Å². The summed E-state index contributed by atoms with van der Waals surface area (Å²) in [7, 11) is 1.42. The summed E-state index contributed by atoms with van der Waals surface area (Å²) in [4.78, 5) is 26.7. The van der Waals surface area contributed by atoms with Crippen LogP contribution >= 0.6 is 39.9 Å². The molecule has 0 unspecified atom stereocenters. The van der Waals surface area contributed by atoms with Gasteiger partial charge in [-0.05, 0) is 58.8 Å². The molecule has 1 fully saturated rings. The number of likely N-dealkylation sites (N-methyl/N-ethyl adjacent to an activating group) is 1. The standard InChI is InChI=1S/C20H15BrFNO4S2/c1-3-23-18(24)16(29-20(23)28)10-11-8-13(21)17(15(9-11)26-2)27-19(25)12-6-4-5-7-14(12)22/h4-10H,3H2,1-2H3/b16-10-. The van der Waals surface area contributed by atoms with Crippen molar-refractivity contribution in [1.82, 2.24) is 4.90 Å². The van der Waals surface area contributed by atoms with Crippen molar-refractivity contribution in [1.29, 1.82) is 0 Å². The number of carbonyl (C=O) groups is 2. The molecular formula is C20H15BrFNO4S2. The number of nitrogens with zero attached hydrogens (tertiary/aromatic N) is 1. The van der Waals surface area contributed by atoms with Gasteiger partial charge in [0.15, 0.2) is 11.5 Å². The molecule has 3 rings (SSSR count). The first-order valence-electron chi connectivity index (χ1n) is 8.45. The Morgan fingerprint density at radius 2 is 2.07 bits per heavy atom. The van der Waals surface area contributed by atoms with E-state index in [1.165, 1.54) is 42.0 Å². The van der Waals surface area contributed by atoms with Gasteiger partial charge in [-0.1, -0.05) is 36.1 Å². The molecule has 0 saturated carbocycles. The quantitative estimate of drug-likeness (QED) is 0.250. The summed E-state index contributed by atoms with van der Waals surface area (Å²) in [6.45, 7) is 2.35. The Hall–Kier alpha value is -2.23. The minimum Gasteiger partial charge on any atom is -0.493 e. The molecule has 150 valence electrons. The number of amides is 1. The number of carbonyl (C=O) groups excluding carboxylic acids is 2. The Bertz CT molecular complexity index is 1040. The topological polar surface area (TPSA) is 55.8 Å². The molecule has 2 aromatic rings. The zero-order valence-corrected chi connectivity index (χ0v) is 18.6. The van der Waals surface area contributed by atoms with Gasteiger partial charge in [0.1, 0.15) is 10.1 Å². The molecule has 2 aromatic carbocycles. The lowest BCUT2D eigenvalue weighted by Crippen LogP contribution is -2.27. The van der Waals surface area contributed by atoms with Crippen LogP contribution in [-0.4, -0.2) is 34.8 Å². The van der Waals surface area contributed by atoms with Crippen LogP contribution in [0.4, 0.5) is 4.39 Å². The van der Waals surface area contributed by atoms with Crippen molar-refractivity contribution in [3.05, 3.63) is 62.7 Å². The van der Waals surface area contributed by atoms with Crippen LogP contribution in [0.5, 0.6) is 11.5 Å². The molecule has 29 heavy (non-hydrogen) atoms. The summed E-state index contributed by atoms with van der Waals surface area (Å²) in [6.07, 6.45) is 1.69. The minimum absolute atomic E-state index is 0.110. The first-order valence-corrected chi connectivity index (χ1v) is 10.5. The maximum Gasteiger partial charge on any atom is 0.346 e. The van der Waals surface area contributed by atoms with Gasteiger partial charge in [0.05, 0.1) is 22.1 Å². The van der Waals surface area contributed by atoms with Crippen molar-refractivity contribution in [2.24, 2.45) is 0 Å². The van der Waals surface area contributed by atoms with E-state index >= 15 is 0 Å². The zero-order valence-electron chi connectivity index (χ0n) is 15.4. The number of esters is 1. The second-order valence-corrected chi connectivity index (χ2v) is 8.36. The van der Waals surface area contributed by atoms with Crippen LogP contribution in [0.1, 0.15) is 22.8 Å². The fourth-order valence-electron chi connectivity index (χ4n) is 2.62. The fraction of sp³-hybridized carbons (Fsp3) is 0.150. The third-order valence-electron chi connectivity index (χ3n) is 4.03. The van der Waals surface area contributed by atoms with Crippen molar-refractivity contribution in [3.63, 3.8) is 0 Å². The third kappa shape index (κ3) is 4.52. The monoisotopic (exact) mass is 495 g/mol. The van der Waals surface area contributed by atoms with E-state index in [9.17, 15) is 14.0 Å². The highest BCUT2D eigenvalue weighted by molar-refractivity contribution is 9.10. The molecule has 1 aliphatic heterocycles. The van der Waals surface area contributed by atoms with Crippen molar-refractivity contribution in [2.45, 2.75) is 6.92 Å².